The zero-order valence-corrected chi connectivity index (χ0v) is 13.3. The molecule has 1 aliphatic heterocycles. The standard InChI is InChI=1S/C13H13BrINO/c1-9-3-2-6-16(8-9)13(17)11-7-10(15)4-5-12(11)14/h3-5,7H,2,6,8H2,1H3. The summed E-state index contributed by atoms with van der Waals surface area (Å²) in [4.78, 5) is 14.3. The summed E-state index contributed by atoms with van der Waals surface area (Å²) in [5.74, 6) is 0.114. The number of nitrogens with zero attached hydrogens (tertiary/aromatic N) is 1. The molecule has 0 atom stereocenters. The van der Waals surface area contributed by atoms with E-state index in [1.165, 1.54) is 5.57 Å². The Kier molecular flexibility index (Phi) is 4.25. The van der Waals surface area contributed by atoms with E-state index in [1.807, 2.05) is 23.1 Å². The molecule has 0 spiro atoms. The van der Waals surface area contributed by atoms with Gasteiger partial charge in [-0.1, -0.05) is 11.6 Å². The fraction of sp³-hybridized carbons (Fsp3) is 0.308. The fourth-order valence-corrected chi connectivity index (χ4v) is 2.82. The molecule has 0 saturated carbocycles. The monoisotopic (exact) mass is 405 g/mol. The molecule has 1 heterocycles. The highest BCUT2D eigenvalue weighted by atomic mass is 127. The molecule has 0 unspecified atom stereocenters. The number of rotatable bonds is 1. The summed E-state index contributed by atoms with van der Waals surface area (Å²) in [6, 6.07) is 5.85. The van der Waals surface area contributed by atoms with E-state index in [2.05, 4.69) is 51.5 Å². The normalized spacial score (nSPS) is 15.7. The van der Waals surface area contributed by atoms with Crippen molar-refractivity contribution >= 4 is 44.4 Å². The first kappa shape index (κ1) is 13.1. The van der Waals surface area contributed by atoms with Gasteiger partial charge in [0, 0.05) is 21.1 Å². The van der Waals surface area contributed by atoms with Crippen molar-refractivity contribution < 1.29 is 4.79 Å². The highest BCUT2D eigenvalue weighted by molar-refractivity contribution is 14.1. The minimum atomic E-state index is 0.114. The van der Waals surface area contributed by atoms with Crippen molar-refractivity contribution in [3.63, 3.8) is 0 Å². The third-order valence-corrected chi connectivity index (χ3v) is 4.14. The lowest BCUT2D eigenvalue weighted by atomic mass is 10.1. The maximum atomic E-state index is 12.4. The van der Waals surface area contributed by atoms with Gasteiger partial charge in [0.25, 0.3) is 5.91 Å². The predicted molar refractivity (Wildman–Crippen MR) is 81.1 cm³/mol. The topological polar surface area (TPSA) is 20.3 Å². The van der Waals surface area contributed by atoms with Crippen LogP contribution >= 0.6 is 38.5 Å². The van der Waals surface area contributed by atoms with Gasteiger partial charge < -0.3 is 4.90 Å². The van der Waals surface area contributed by atoms with Crippen LogP contribution in [-0.4, -0.2) is 23.9 Å². The van der Waals surface area contributed by atoms with Crippen molar-refractivity contribution in [1.29, 1.82) is 0 Å². The Morgan fingerprint density at radius 2 is 2.24 bits per heavy atom. The highest BCUT2D eigenvalue weighted by Crippen LogP contribution is 2.22. The Morgan fingerprint density at radius 1 is 1.47 bits per heavy atom. The number of halogens is 2. The van der Waals surface area contributed by atoms with Crippen LogP contribution in [0.25, 0.3) is 0 Å². The van der Waals surface area contributed by atoms with Crippen LogP contribution in [0.5, 0.6) is 0 Å². The van der Waals surface area contributed by atoms with Gasteiger partial charge >= 0.3 is 0 Å². The number of hydrogen-bond donors (Lipinski definition) is 0. The summed E-state index contributed by atoms with van der Waals surface area (Å²) < 4.78 is 1.95. The summed E-state index contributed by atoms with van der Waals surface area (Å²) in [7, 11) is 0. The van der Waals surface area contributed by atoms with Crippen molar-refractivity contribution in [2.24, 2.45) is 0 Å². The third-order valence-electron chi connectivity index (χ3n) is 2.78. The van der Waals surface area contributed by atoms with Crippen LogP contribution in [0.3, 0.4) is 0 Å². The smallest absolute Gasteiger partial charge is 0.255 e. The van der Waals surface area contributed by atoms with Gasteiger partial charge in [-0.25, -0.2) is 0 Å². The van der Waals surface area contributed by atoms with Crippen molar-refractivity contribution in [2.75, 3.05) is 13.1 Å². The molecule has 90 valence electrons. The second kappa shape index (κ2) is 5.52. The van der Waals surface area contributed by atoms with Crippen LogP contribution in [0.2, 0.25) is 0 Å². The number of benzene rings is 1. The van der Waals surface area contributed by atoms with E-state index < -0.39 is 0 Å². The van der Waals surface area contributed by atoms with E-state index in [1.54, 1.807) is 0 Å². The first-order valence-electron chi connectivity index (χ1n) is 5.48. The highest BCUT2D eigenvalue weighted by Gasteiger charge is 2.20. The number of hydrogen-bond acceptors (Lipinski definition) is 1. The molecule has 1 aromatic rings. The molecule has 0 aliphatic carbocycles. The van der Waals surface area contributed by atoms with Crippen LogP contribution in [0.4, 0.5) is 0 Å². The molecular weight excluding hydrogens is 393 g/mol. The van der Waals surface area contributed by atoms with Gasteiger partial charge in [-0.15, -0.1) is 0 Å². The lowest BCUT2D eigenvalue weighted by Crippen LogP contribution is -2.35. The van der Waals surface area contributed by atoms with Crippen LogP contribution in [0, 0.1) is 3.57 Å². The average molecular weight is 406 g/mol. The van der Waals surface area contributed by atoms with Crippen molar-refractivity contribution in [3.05, 3.63) is 43.5 Å². The Balaban J connectivity index is 2.25. The molecule has 1 amide bonds. The molecule has 2 nitrogen and oxygen atoms in total. The molecule has 0 bridgehead atoms. The molecule has 0 radical (unpaired) electrons. The summed E-state index contributed by atoms with van der Waals surface area (Å²) in [5, 5.41) is 0. The Hall–Kier alpha value is -0.360. The Morgan fingerprint density at radius 3 is 2.94 bits per heavy atom. The first-order valence-corrected chi connectivity index (χ1v) is 7.35. The first-order chi connectivity index (χ1) is 8.08. The van der Waals surface area contributed by atoms with Crippen LogP contribution in [0.1, 0.15) is 23.7 Å². The maximum Gasteiger partial charge on any atom is 0.255 e. The molecule has 4 heteroatoms. The zero-order valence-electron chi connectivity index (χ0n) is 9.54. The van der Waals surface area contributed by atoms with Crippen molar-refractivity contribution in [3.8, 4) is 0 Å². The second-order valence-corrected chi connectivity index (χ2v) is 6.29. The zero-order chi connectivity index (χ0) is 12.4. The molecule has 1 aliphatic rings. The SMILES string of the molecule is CC1=CCCN(C(=O)c2cc(I)ccc2Br)C1. The summed E-state index contributed by atoms with van der Waals surface area (Å²) in [6.07, 6.45) is 3.16. The molecule has 2 rings (SSSR count). The van der Waals surface area contributed by atoms with E-state index >= 15 is 0 Å². The largest absolute Gasteiger partial charge is 0.334 e. The maximum absolute atomic E-state index is 12.4. The second-order valence-electron chi connectivity index (χ2n) is 4.19. The van der Waals surface area contributed by atoms with Gasteiger partial charge in [-0.2, -0.15) is 0 Å². The number of carbonyl (C=O) groups excluding carboxylic acids is 1. The summed E-state index contributed by atoms with van der Waals surface area (Å²) >= 11 is 5.67. The Labute approximate surface area is 123 Å². The van der Waals surface area contributed by atoms with Gasteiger partial charge in [0.05, 0.1) is 5.56 Å². The van der Waals surface area contributed by atoms with Gasteiger partial charge in [0.15, 0.2) is 0 Å². The van der Waals surface area contributed by atoms with Gasteiger partial charge in [0.1, 0.15) is 0 Å². The van der Waals surface area contributed by atoms with Crippen molar-refractivity contribution in [1.82, 2.24) is 4.90 Å². The lowest BCUT2D eigenvalue weighted by molar-refractivity contribution is 0.0765. The molecule has 0 fully saturated rings. The predicted octanol–water partition coefficient (Wildman–Crippen LogP) is 3.85. The third kappa shape index (κ3) is 3.10. The quantitative estimate of drug-likeness (QED) is 0.513. The van der Waals surface area contributed by atoms with E-state index in [0.29, 0.717) is 0 Å². The average Bonchev–Trinajstić information content (AvgIpc) is 2.31. The van der Waals surface area contributed by atoms with Crippen molar-refractivity contribution in [2.45, 2.75) is 13.3 Å². The fourth-order valence-electron chi connectivity index (χ4n) is 1.92. The lowest BCUT2D eigenvalue weighted by Gasteiger charge is -2.26. The molecule has 1 aromatic carbocycles. The molecule has 0 aromatic heterocycles. The summed E-state index contributed by atoms with van der Waals surface area (Å²) in [5.41, 5.74) is 2.03. The van der Waals surface area contributed by atoms with Gasteiger partial charge in [0.2, 0.25) is 0 Å². The van der Waals surface area contributed by atoms with E-state index in [9.17, 15) is 4.79 Å². The van der Waals surface area contributed by atoms with Gasteiger partial charge in [-0.3, -0.25) is 4.79 Å². The van der Waals surface area contributed by atoms with E-state index in [0.717, 1.165) is 33.1 Å². The number of carbonyl (C=O) groups is 1. The van der Waals surface area contributed by atoms with Crippen LogP contribution < -0.4 is 0 Å². The number of amides is 1. The van der Waals surface area contributed by atoms with Crippen LogP contribution in [0.15, 0.2) is 34.3 Å². The van der Waals surface area contributed by atoms with Gasteiger partial charge in [-0.05, 0) is 70.1 Å². The minimum absolute atomic E-state index is 0.114. The van der Waals surface area contributed by atoms with E-state index in [-0.39, 0.29) is 5.91 Å². The molecule has 17 heavy (non-hydrogen) atoms. The summed E-state index contributed by atoms with van der Waals surface area (Å²) in [6.45, 7) is 3.63. The minimum Gasteiger partial charge on any atom is -0.334 e. The molecule has 0 saturated heterocycles. The Bertz CT molecular complexity index is 484. The van der Waals surface area contributed by atoms with E-state index in [4.69, 9.17) is 0 Å². The molecule has 0 N–H and O–H groups in total. The van der Waals surface area contributed by atoms with Crippen LogP contribution in [-0.2, 0) is 0 Å². The molecular formula is C13H13BrINO.